The van der Waals surface area contributed by atoms with E-state index in [1.807, 2.05) is 35.2 Å². The number of carbonyl (C=O) groups is 2. The summed E-state index contributed by atoms with van der Waals surface area (Å²) < 4.78 is 0. The molecule has 2 saturated heterocycles. The van der Waals surface area contributed by atoms with Gasteiger partial charge in [0, 0.05) is 25.2 Å². The first kappa shape index (κ1) is 20.4. The second-order valence-corrected chi connectivity index (χ2v) is 7.58. The smallest absolute Gasteiger partial charge is 0.255 e. The van der Waals surface area contributed by atoms with Gasteiger partial charge in [-0.15, -0.1) is 12.4 Å². The molecule has 148 valence electrons. The molecular weight excluding hydrogens is 374 g/mol. The van der Waals surface area contributed by atoms with Crippen LogP contribution in [-0.4, -0.2) is 42.9 Å². The summed E-state index contributed by atoms with van der Waals surface area (Å²) >= 11 is 0. The molecular formula is C22H26ClN3O2. The van der Waals surface area contributed by atoms with E-state index in [0.29, 0.717) is 22.2 Å². The van der Waals surface area contributed by atoms with Crippen LogP contribution in [0.1, 0.15) is 40.0 Å². The number of amides is 2. The molecule has 1 spiro atoms. The second-order valence-electron chi connectivity index (χ2n) is 7.58. The first-order valence-corrected chi connectivity index (χ1v) is 9.62. The van der Waals surface area contributed by atoms with Gasteiger partial charge < -0.3 is 15.5 Å². The lowest BCUT2D eigenvalue weighted by molar-refractivity contribution is 0.0608. The minimum absolute atomic E-state index is 0. The molecule has 2 N–H and O–H groups in total. The number of piperidine rings is 1. The van der Waals surface area contributed by atoms with Crippen molar-refractivity contribution in [3.05, 3.63) is 65.7 Å². The number of para-hydroxylation sites is 1. The molecule has 2 aliphatic rings. The van der Waals surface area contributed by atoms with Gasteiger partial charge in [-0.25, -0.2) is 0 Å². The van der Waals surface area contributed by atoms with Crippen LogP contribution in [0.15, 0.2) is 54.6 Å². The van der Waals surface area contributed by atoms with Gasteiger partial charge in [0.2, 0.25) is 0 Å². The number of hydrogen-bond donors (Lipinski definition) is 2. The lowest BCUT2D eigenvalue weighted by Crippen LogP contribution is -2.44. The van der Waals surface area contributed by atoms with Crippen molar-refractivity contribution in [3.8, 4) is 0 Å². The third-order valence-corrected chi connectivity index (χ3v) is 5.89. The Morgan fingerprint density at radius 1 is 0.929 bits per heavy atom. The highest BCUT2D eigenvalue weighted by atomic mass is 35.5. The van der Waals surface area contributed by atoms with Gasteiger partial charge >= 0.3 is 0 Å². The highest BCUT2D eigenvalue weighted by Gasteiger charge is 2.38. The van der Waals surface area contributed by atoms with E-state index in [2.05, 4.69) is 10.6 Å². The molecule has 0 aromatic heterocycles. The maximum Gasteiger partial charge on any atom is 0.255 e. The second kappa shape index (κ2) is 8.76. The Balaban J connectivity index is 0.00000225. The number of hydrogen-bond acceptors (Lipinski definition) is 3. The molecule has 4 rings (SSSR count). The molecule has 5 nitrogen and oxygen atoms in total. The number of nitrogens with zero attached hydrogens (tertiary/aromatic N) is 1. The van der Waals surface area contributed by atoms with Crippen LogP contribution in [0.25, 0.3) is 0 Å². The van der Waals surface area contributed by atoms with Gasteiger partial charge in [0.05, 0.1) is 11.3 Å². The maximum atomic E-state index is 13.1. The standard InChI is InChI=1S/C22H25N3O2.ClH/c26-20(17-6-2-1-3-7-17)24-19-9-5-4-8-18(19)21(27)25-14-11-22(12-15-25)10-13-23-16-22;/h1-9,23H,10-16H2,(H,24,26);1H. The molecule has 0 radical (unpaired) electrons. The van der Waals surface area contributed by atoms with Gasteiger partial charge in [0.25, 0.3) is 11.8 Å². The van der Waals surface area contributed by atoms with Crippen LogP contribution in [0.4, 0.5) is 5.69 Å². The van der Waals surface area contributed by atoms with Crippen LogP contribution < -0.4 is 10.6 Å². The van der Waals surface area contributed by atoms with Crippen molar-refractivity contribution in [1.82, 2.24) is 10.2 Å². The summed E-state index contributed by atoms with van der Waals surface area (Å²) in [5.41, 5.74) is 2.08. The van der Waals surface area contributed by atoms with Crippen LogP contribution in [-0.2, 0) is 0 Å². The van der Waals surface area contributed by atoms with E-state index in [0.717, 1.165) is 39.0 Å². The number of carbonyl (C=O) groups excluding carboxylic acids is 2. The Hall–Kier alpha value is -2.37. The summed E-state index contributed by atoms with van der Waals surface area (Å²) in [6.07, 6.45) is 3.30. The third kappa shape index (κ3) is 4.21. The molecule has 0 unspecified atom stereocenters. The monoisotopic (exact) mass is 399 g/mol. The Morgan fingerprint density at radius 3 is 2.29 bits per heavy atom. The average Bonchev–Trinajstić information content (AvgIpc) is 3.17. The SMILES string of the molecule is Cl.O=C(Nc1ccccc1C(=O)N1CCC2(CCNC2)CC1)c1ccccc1. The molecule has 2 heterocycles. The Kier molecular flexibility index (Phi) is 6.37. The van der Waals surface area contributed by atoms with Gasteiger partial charge in [0.1, 0.15) is 0 Å². The molecule has 28 heavy (non-hydrogen) atoms. The summed E-state index contributed by atoms with van der Waals surface area (Å²) in [5.74, 6) is -0.203. The Bertz CT molecular complexity index is 825. The molecule has 2 amide bonds. The van der Waals surface area contributed by atoms with E-state index in [-0.39, 0.29) is 24.2 Å². The topological polar surface area (TPSA) is 61.4 Å². The largest absolute Gasteiger partial charge is 0.339 e. The van der Waals surface area contributed by atoms with Crippen molar-refractivity contribution in [2.75, 3.05) is 31.5 Å². The van der Waals surface area contributed by atoms with Crippen LogP contribution in [0.2, 0.25) is 0 Å². The Labute approximate surface area is 171 Å². The molecule has 0 atom stereocenters. The first-order chi connectivity index (χ1) is 13.2. The molecule has 6 heteroatoms. The highest BCUT2D eigenvalue weighted by Crippen LogP contribution is 2.37. The fraction of sp³-hybridized carbons (Fsp3) is 0.364. The minimum Gasteiger partial charge on any atom is -0.339 e. The predicted molar refractivity (Wildman–Crippen MR) is 113 cm³/mol. The minimum atomic E-state index is -0.203. The van der Waals surface area contributed by atoms with Gasteiger partial charge in [-0.1, -0.05) is 30.3 Å². The zero-order valence-electron chi connectivity index (χ0n) is 15.8. The number of halogens is 1. The number of nitrogens with one attached hydrogen (secondary N) is 2. The van der Waals surface area contributed by atoms with Crippen molar-refractivity contribution in [3.63, 3.8) is 0 Å². The zero-order valence-corrected chi connectivity index (χ0v) is 16.6. The van der Waals surface area contributed by atoms with Crippen molar-refractivity contribution >= 4 is 29.9 Å². The fourth-order valence-corrected chi connectivity index (χ4v) is 4.14. The summed E-state index contributed by atoms with van der Waals surface area (Å²) in [7, 11) is 0. The van der Waals surface area contributed by atoms with E-state index in [9.17, 15) is 9.59 Å². The van der Waals surface area contributed by atoms with Crippen LogP contribution in [0, 0.1) is 5.41 Å². The molecule has 2 aromatic rings. The first-order valence-electron chi connectivity index (χ1n) is 9.62. The number of anilines is 1. The number of likely N-dealkylation sites (tertiary alicyclic amines) is 1. The van der Waals surface area contributed by atoms with Gasteiger partial charge in [-0.3, -0.25) is 9.59 Å². The van der Waals surface area contributed by atoms with Crippen molar-refractivity contribution in [2.45, 2.75) is 19.3 Å². The van der Waals surface area contributed by atoms with E-state index in [1.54, 1.807) is 24.3 Å². The van der Waals surface area contributed by atoms with E-state index < -0.39 is 0 Å². The van der Waals surface area contributed by atoms with Crippen molar-refractivity contribution in [2.24, 2.45) is 5.41 Å². The molecule has 2 aliphatic heterocycles. The lowest BCUT2D eigenvalue weighted by Gasteiger charge is -2.39. The summed E-state index contributed by atoms with van der Waals surface area (Å²) in [4.78, 5) is 27.5. The fourth-order valence-electron chi connectivity index (χ4n) is 4.14. The molecule has 0 bridgehead atoms. The molecule has 2 aromatic carbocycles. The van der Waals surface area contributed by atoms with E-state index in [1.165, 1.54) is 6.42 Å². The molecule has 0 saturated carbocycles. The lowest BCUT2D eigenvalue weighted by atomic mass is 9.78. The van der Waals surface area contributed by atoms with E-state index in [4.69, 9.17) is 0 Å². The predicted octanol–water partition coefficient (Wildman–Crippen LogP) is 3.58. The van der Waals surface area contributed by atoms with Crippen LogP contribution >= 0.6 is 12.4 Å². The van der Waals surface area contributed by atoms with Crippen LogP contribution in [0.5, 0.6) is 0 Å². The summed E-state index contributed by atoms with van der Waals surface area (Å²) in [6, 6.07) is 16.3. The van der Waals surface area contributed by atoms with E-state index >= 15 is 0 Å². The molecule has 2 fully saturated rings. The van der Waals surface area contributed by atoms with Crippen LogP contribution in [0.3, 0.4) is 0 Å². The quantitative estimate of drug-likeness (QED) is 0.829. The van der Waals surface area contributed by atoms with Crippen molar-refractivity contribution < 1.29 is 9.59 Å². The number of benzene rings is 2. The Morgan fingerprint density at radius 2 is 1.61 bits per heavy atom. The van der Waals surface area contributed by atoms with Gasteiger partial charge in [-0.2, -0.15) is 0 Å². The third-order valence-electron chi connectivity index (χ3n) is 5.89. The number of rotatable bonds is 3. The summed E-state index contributed by atoms with van der Waals surface area (Å²) in [6.45, 7) is 3.71. The van der Waals surface area contributed by atoms with Crippen molar-refractivity contribution in [1.29, 1.82) is 0 Å². The summed E-state index contributed by atoms with van der Waals surface area (Å²) in [5, 5.41) is 6.35. The van der Waals surface area contributed by atoms with Gasteiger partial charge in [0.15, 0.2) is 0 Å². The highest BCUT2D eigenvalue weighted by molar-refractivity contribution is 6.09. The zero-order chi connectivity index (χ0) is 18.7. The van der Waals surface area contributed by atoms with Gasteiger partial charge in [-0.05, 0) is 55.5 Å². The maximum absolute atomic E-state index is 13.1. The molecule has 0 aliphatic carbocycles. The average molecular weight is 400 g/mol. The normalized spacial score (nSPS) is 17.8.